The summed E-state index contributed by atoms with van der Waals surface area (Å²) in [6.07, 6.45) is 2.35. The number of unbranched alkanes of at least 4 members (excludes halogenated alkanes) is 1. The molecule has 1 aromatic carbocycles. The van der Waals surface area contributed by atoms with Crippen molar-refractivity contribution in [3.63, 3.8) is 0 Å². The van der Waals surface area contributed by atoms with Crippen molar-refractivity contribution in [2.75, 3.05) is 6.61 Å². The van der Waals surface area contributed by atoms with Gasteiger partial charge in [0.15, 0.2) is 0 Å². The van der Waals surface area contributed by atoms with Gasteiger partial charge in [0.05, 0.1) is 17.7 Å². The summed E-state index contributed by atoms with van der Waals surface area (Å²) in [7, 11) is 0. The van der Waals surface area contributed by atoms with Crippen LogP contribution in [-0.4, -0.2) is 17.8 Å². The molecule has 2 nitrogen and oxygen atoms in total. The summed E-state index contributed by atoms with van der Waals surface area (Å²) in [6.45, 7) is 6.73. The number of benzene rings is 1. The van der Waals surface area contributed by atoms with Crippen molar-refractivity contribution in [3.05, 3.63) is 28.2 Å². The molecule has 0 saturated carbocycles. The summed E-state index contributed by atoms with van der Waals surface area (Å²) >= 11 is 11.8. The molecule has 0 radical (unpaired) electrons. The molecule has 0 heterocycles. The monoisotopic (exact) mass is 304 g/mol. The molecule has 108 valence electrons. The Balaban J connectivity index is 2.24. The Hall–Kier alpha value is -0.440. The molecular formula is C15H22Cl2O2. The van der Waals surface area contributed by atoms with Crippen molar-refractivity contribution in [1.82, 2.24) is 0 Å². The predicted octanol–water partition coefficient (Wildman–Crippen LogP) is 4.95. The summed E-state index contributed by atoms with van der Waals surface area (Å²) < 4.78 is 5.59. The Morgan fingerprint density at radius 2 is 1.89 bits per heavy atom. The van der Waals surface area contributed by atoms with E-state index in [1.54, 1.807) is 18.2 Å². The fraction of sp³-hybridized carbons (Fsp3) is 0.600. The van der Waals surface area contributed by atoms with Gasteiger partial charge in [-0.25, -0.2) is 0 Å². The predicted molar refractivity (Wildman–Crippen MR) is 81.3 cm³/mol. The van der Waals surface area contributed by atoms with Gasteiger partial charge in [0.2, 0.25) is 0 Å². The Kier molecular flexibility index (Phi) is 6.45. The van der Waals surface area contributed by atoms with Crippen LogP contribution in [0.15, 0.2) is 18.2 Å². The highest BCUT2D eigenvalue weighted by Gasteiger charge is 2.21. The summed E-state index contributed by atoms with van der Waals surface area (Å²) in [5, 5.41) is 11.0. The van der Waals surface area contributed by atoms with E-state index in [0.717, 1.165) is 19.3 Å². The van der Waals surface area contributed by atoms with Gasteiger partial charge in [-0.1, -0.05) is 44.0 Å². The molecule has 1 unspecified atom stereocenters. The Morgan fingerprint density at radius 1 is 1.21 bits per heavy atom. The summed E-state index contributed by atoms with van der Waals surface area (Å²) in [6, 6.07) is 5.20. The van der Waals surface area contributed by atoms with Crippen molar-refractivity contribution in [3.8, 4) is 5.75 Å². The molecule has 0 aliphatic rings. The van der Waals surface area contributed by atoms with Gasteiger partial charge in [-0.15, -0.1) is 0 Å². The van der Waals surface area contributed by atoms with Crippen LogP contribution >= 0.6 is 23.2 Å². The largest absolute Gasteiger partial charge is 0.492 e. The highest BCUT2D eigenvalue weighted by molar-refractivity contribution is 6.35. The second-order valence-corrected chi connectivity index (χ2v) is 6.64. The number of hydrogen-bond acceptors (Lipinski definition) is 2. The molecule has 0 fully saturated rings. The molecule has 1 aromatic rings. The highest BCUT2D eigenvalue weighted by atomic mass is 35.5. The molecule has 0 amide bonds. The van der Waals surface area contributed by atoms with E-state index in [0.29, 0.717) is 22.4 Å². The van der Waals surface area contributed by atoms with Gasteiger partial charge < -0.3 is 9.84 Å². The first-order valence-electron chi connectivity index (χ1n) is 6.56. The lowest BCUT2D eigenvalue weighted by Crippen LogP contribution is -2.25. The zero-order chi connectivity index (χ0) is 14.5. The molecule has 0 aliphatic heterocycles. The number of hydrogen-bond donors (Lipinski definition) is 1. The van der Waals surface area contributed by atoms with Crippen LogP contribution in [0.5, 0.6) is 5.75 Å². The second-order valence-electron chi connectivity index (χ2n) is 5.80. The van der Waals surface area contributed by atoms with Crippen LogP contribution in [0.3, 0.4) is 0 Å². The SMILES string of the molecule is CC(C)(C)C(O)CCCCOc1ccc(Cl)cc1Cl. The molecule has 0 aromatic heterocycles. The van der Waals surface area contributed by atoms with E-state index < -0.39 is 0 Å². The van der Waals surface area contributed by atoms with Crippen molar-refractivity contribution in [2.24, 2.45) is 5.41 Å². The smallest absolute Gasteiger partial charge is 0.137 e. The number of rotatable bonds is 6. The third-order valence-corrected chi connectivity index (χ3v) is 3.55. The van der Waals surface area contributed by atoms with E-state index in [4.69, 9.17) is 27.9 Å². The first kappa shape index (κ1) is 16.6. The summed E-state index contributed by atoms with van der Waals surface area (Å²) in [4.78, 5) is 0. The average Bonchev–Trinajstić information content (AvgIpc) is 2.29. The molecule has 1 rings (SSSR count). The maximum absolute atomic E-state index is 9.90. The molecule has 0 bridgehead atoms. The second kappa shape index (κ2) is 7.37. The van der Waals surface area contributed by atoms with E-state index >= 15 is 0 Å². The zero-order valence-corrected chi connectivity index (χ0v) is 13.3. The number of halogens is 2. The van der Waals surface area contributed by atoms with Gasteiger partial charge in [-0.3, -0.25) is 0 Å². The Morgan fingerprint density at radius 3 is 2.47 bits per heavy atom. The molecule has 0 spiro atoms. The van der Waals surface area contributed by atoms with Gasteiger partial charge >= 0.3 is 0 Å². The van der Waals surface area contributed by atoms with Crippen LogP contribution in [0.4, 0.5) is 0 Å². The van der Waals surface area contributed by atoms with Gasteiger partial charge in [-0.05, 0) is 42.9 Å². The third kappa shape index (κ3) is 6.03. The van der Waals surface area contributed by atoms with E-state index in [2.05, 4.69) is 0 Å². The fourth-order valence-corrected chi connectivity index (χ4v) is 2.11. The number of ether oxygens (including phenoxy) is 1. The molecule has 19 heavy (non-hydrogen) atoms. The van der Waals surface area contributed by atoms with Crippen LogP contribution in [0, 0.1) is 5.41 Å². The van der Waals surface area contributed by atoms with Crippen LogP contribution < -0.4 is 4.74 Å². The minimum absolute atomic E-state index is 0.0552. The topological polar surface area (TPSA) is 29.5 Å². The summed E-state index contributed by atoms with van der Waals surface area (Å²) in [5.41, 5.74) is -0.0552. The van der Waals surface area contributed by atoms with Gasteiger partial charge in [-0.2, -0.15) is 0 Å². The van der Waals surface area contributed by atoms with E-state index in [1.165, 1.54) is 0 Å². The van der Waals surface area contributed by atoms with Crippen molar-refractivity contribution >= 4 is 23.2 Å². The van der Waals surface area contributed by atoms with Crippen molar-refractivity contribution in [1.29, 1.82) is 0 Å². The quantitative estimate of drug-likeness (QED) is 0.754. The average molecular weight is 305 g/mol. The van der Waals surface area contributed by atoms with Crippen LogP contribution in [0.2, 0.25) is 10.0 Å². The van der Waals surface area contributed by atoms with Crippen LogP contribution in [-0.2, 0) is 0 Å². The van der Waals surface area contributed by atoms with Crippen molar-refractivity contribution < 1.29 is 9.84 Å². The first-order chi connectivity index (χ1) is 8.80. The summed E-state index contributed by atoms with van der Waals surface area (Å²) in [5.74, 6) is 0.655. The maximum Gasteiger partial charge on any atom is 0.137 e. The minimum atomic E-state index is -0.272. The van der Waals surface area contributed by atoms with E-state index in [1.807, 2.05) is 20.8 Å². The normalized spacial score (nSPS) is 13.4. The fourth-order valence-electron chi connectivity index (χ4n) is 1.65. The van der Waals surface area contributed by atoms with Gasteiger partial charge in [0.25, 0.3) is 0 Å². The highest BCUT2D eigenvalue weighted by Crippen LogP contribution is 2.28. The zero-order valence-electron chi connectivity index (χ0n) is 11.7. The minimum Gasteiger partial charge on any atom is -0.492 e. The standard InChI is InChI=1S/C15H22Cl2O2/c1-15(2,3)14(18)6-4-5-9-19-13-8-7-11(16)10-12(13)17/h7-8,10,14,18H,4-6,9H2,1-3H3. The first-order valence-corrected chi connectivity index (χ1v) is 7.32. The lowest BCUT2D eigenvalue weighted by atomic mass is 9.86. The van der Waals surface area contributed by atoms with Gasteiger partial charge in [0, 0.05) is 5.02 Å². The molecule has 1 N–H and O–H groups in total. The molecule has 0 aliphatic carbocycles. The number of aliphatic hydroxyl groups is 1. The Labute approximate surface area is 125 Å². The lowest BCUT2D eigenvalue weighted by Gasteiger charge is -2.25. The molecular weight excluding hydrogens is 283 g/mol. The van der Waals surface area contributed by atoms with E-state index in [9.17, 15) is 5.11 Å². The lowest BCUT2D eigenvalue weighted by molar-refractivity contribution is 0.0526. The van der Waals surface area contributed by atoms with E-state index in [-0.39, 0.29) is 11.5 Å². The molecule has 0 saturated heterocycles. The maximum atomic E-state index is 9.90. The Bertz CT molecular complexity index is 400. The number of aliphatic hydroxyl groups excluding tert-OH is 1. The molecule has 1 atom stereocenters. The third-order valence-electron chi connectivity index (χ3n) is 3.02. The molecule has 4 heteroatoms. The van der Waals surface area contributed by atoms with Gasteiger partial charge in [0.1, 0.15) is 5.75 Å². The van der Waals surface area contributed by atoms with Crippen LogP contribution in [0.1, 0.15) is 40.0 Å². The van der Waals surface area contributed by atoms with Crippen molar-refractivity contribution in [2.45, 2.75) is 46.1 Å². The van der Waals surface area contributed by atoms with Crippen LogP contribution in [0.25, 0.3) is 0 Å².